The fourth-order valence-electron chi connectivity index (χ4n) is 1.90. The maximum atomic E-state index is 10.8. The lowest BCUT2D eigenvalue weighted by molar-refractivity contribution is -0.281. The summed E-state index contributed by atoms with van der Waals surface area (Å²) in [6.07, 6.45) is -8.17. The van der Waals surface area contributed by atoms with Gasteiger partial charge in [0.25, 0.3) is 0 Å². The summed E-state index contributed by atoms with van der Waals surface area (Å²) < 4.78 is 17.5. The van der Waals surface area contributed by atoms with Crippen molar-refractivity contribution in [2.45, 2.75) is 30.7 Å². The number of ether oxygens (including phenoxy) is 2. The van der Waals surface area contributed by atoms with E-state index in [1.807, 2.05) is 6.07 Å². The predicted molar refractivity (Wildman–Crippen MR) is 64.1 cm³/mol. The molecule has 0 radical (unpaired) electrons. The van der Waals surface area contributed by atoms with Crippen LogP contribution in [0.4, 0.5) is 0 Å². The average Bonchev–Trinajstić information content (AvgIpc) is 2.47. The van der Waals surface area contributed by atoms with E-state index >= 15 is 0 Å². The maximum Gasteiger partial charge on any atom is 0.184 e. The molecule has 104 valence electrons. The number of benzene rings is 1. The minimum atomic E-state index is -1.93. The molecule has 0 saturated carbocycles. The molecule has 6 heteroatoms. The van der Waals surface area contributed by atoms with Gasteiger partial charge in [-0.25, -0.2) is 0 Å². The van der Waals surface area contributed by atoms with Gasteiger partial charge in [0.15, 0.2) is 12.6 Å². The minimum absolute atomic E-state index is 0.111. The third-order valence-electron chi connectivity index (χ3n) is 2.93. The summed E-state index contributed by atoms with van der Waals surface area (Å²) in [5.74, 6) is 0. The van der Waals surface area contributed by atoms with E-state index < -0.39 is 37.0 Å². The number of carbonyl (C=O) groups excluding carboxylic acids is 1. The predicted octanol–water partition coefficient (Wildman–Crippen LogP) is -0.618. The van der Waals surface area contributed by atoms with Crippen molar-refractivity contribution < 1.29 is 31.0 Å². The van der Waals surface area contributed by atoms with Gasteiger partial charge in [0.2, 0.25) is 0 Å². The molecule has 1 saturated heterocycles. The molecule has 0 aromatic heterocycles. The van der Waals surface area contributed by atoms with E-state index in [1.54, 1.807) is 24.3 Å². The van der Waals surface area contributed by atoms with Crippen molar-refractivity contribution in [2.24, 2.45) is 0 Å². The van der Waals surface area contributed by atoms with E-state index in [1.165, 1.54) is 0 Å². The lowest BCUT2D eigenvalue weighted by Gasteiger charge is -2.37. The van der Waals surface area contributed by atoms with Crippen molar-refractivity contribution >= 4 is 6.26 Å². The van der Waals surface area contributed by atoms with Crippen molar-refractivity contribution in [1.29, 1.82) is 0 Å². The Labute approximate surface area is 111 Å². The van der Waals surface area contributed by atoms with Crippen molar-refractivity contribution in [3.05, 3.63) is 35.9 Å². The molecule has 0 aliphatic carbocycles. The van der Waals surface area contributed by atoms with Crippen molar-refractivity contribution in [1.82, 2.24) is 0 Å². The molecule has 0 bridgehead atoms. The molecule has 3 N–H and O–H groups in total. The van der Waals surface area contributed by atoms with E-state index in [2.05, 4.69) is 0 Å². The first-order valence-electron chi connectivity index (χ1n) is 6.37. The van der Waals surface area contributed by atoms with E-state index in [0.29, 0.717) is 5.56 Å². The normalized spacial score (nSPS) is 31.3. The van der Waals surface area contributed by atoms with Crippen LogP contribution in [-0.4, -0.2) is 52.6 Å². The van der Waals surface area contributed by atoms with Crippen molar-refractivity contribution in [2.75, 3.05) is 6.61 Å². The Bertz CT molecular complexity index is 453. The molecule has 1 unspecified atom stereocenters. The van der Waals surface area contributed by atoms with Gasteiger partial charge < -0.3 is 29.6 Å². The first-order chi connectivity index (χ1) is 9.50. The van der Waals surface area contributed by atoms with Gasteiger partial charge in [-0.15, -0.1) is 0 Å². The molecule has 6 nitrogen and oxygen atoms in total. The highest BCUT2D eigenvalue weighted by atomic mass is 16.7. The van der Waals surface area contributed by atoms with Crippen LogP contribution in [0.5, 0.6) is 0 Å². The van der Waals surface area contributed by atoms with E-state index in [4.69, 9.17) is 10.8 Å². The first kappa shape index (κ1) is 12.7. The number of hydrogen-bond donors (Lipinski definition) is 3. The summed E-state index contributed by atoms with van der Waals surface area (Å²) in [5.41, 5.74) is 0.684. The van der Waals surface area contributed by atoms with Gasteiger partial charge in [-0.1, -0.05) is 30.3 Å². The van der Waals surface area contributed by atoms with Crippen LogP contribution in [0.25, 0.3) is 0 Å². The van der Waals surface area contributed by atoms with Gasteiger partial charge in [0.1, 0.15) is 25.8 Å². The summed E-state index contributed by atoms with van der Waals surface area (Å²) in [4.78, 5) is 10.8. The zero-order valence-electron chi connectivity index (χ0n) is 11.0. The van der Waals surface area contributed by atoms with Crippen LogP contribution in [0.1, 0.15) is 13.2 Å². The van der Waals surface area contributed by atoms with Gasteiger partial charge in [-0.05, 0) is 0 Å². The zero-order chi connectivity index (χ0) is 14.7. The summed E-state index contributed by atoms with van der Waals surface area (Å²) in [5, 5.41) is 29.0. The Morgan fingerprint density at radius 3 is 2.68 bits per heavy atom. The second-order valence-electron chi connectivity index (χ2n) is 4.30. The Morgan fingerprint density at radius 1 is 1.37 bits per heavy atom. The van der Waals surface area contributed by atoms with E-state index in [0.717, 1.165) is 0 Å². The Hall–Kier alpha value is -1.31. The zero-order valence-corrected chi connectivity index (χ0v) is 10.0. The van der Waals surface area contributed by atoms with Crippen LogP contribution in [-0.2, 0) is 14.3 Å². The third-order valence-corrected chi connectivity index (χ3v) is 2.93. The second kappa shape index (κ2) is 6.23. The summed E-state index contributed by atoms with van der Waals surface area (Å²) >= 11 is 0. The number of rotatable bonds is 4. The van der Waals surface area contributed by atoms with Crippen LogP contribution in [0.3, 0.4) is 0 Å². The lowest BCUT2D eigenvalue weighted by Crippen LogP contribution is -2.51. The van der Waals surface area contributed by atoms with Gasteiger partial charge >= 0.3 is 0 Å². The molecule has 1 aromatic carbocycles. The number of aliphatic hydroxyl groups is 3. The Morgan fingerprint density at radius 2 is 2.05 bits per heavy atom. The standard InChI is InChI=1S/C13H16O6/c14-6-9(15)11(17)12-10(16)7-18-13(19-12)8-4-2-1-3-5-8/h1-6,9-13,15-17H,7H2/t9-,10+,11+,12+,13?/m0/s1/i6D. The maximum absolute atomic E-state index is 10.8. The monoisotopic (exact) mass is 269 g/mol. The number of carbonyl (C=O) groups is 1. The van der Waals surface area contributed by atoms with Crippen molar-refractivity contribution in [3.8, 4) is 0 Å². The minimum Gasteiger partial charge on any atom is -0.388 e. The molecule has 19 heavy (non-hydrogen) atoms. The van der Waals surface area contributed by atoms with Crippen LogP contribution >= 0.6 is 0 Å². The quantitative estimate of drug-likeness (QED) is 0.631. The SMILES string of the molecule is [2H]C(=O)[C@H](O)[C@@H](O)[C@@H]1OC(c2ccccc2)OC[C@H]1O. The van der Waals surface area contributed by atoms with Crippen molar-refractivity contribution in [3.63, 3.8) is 0 Å². The smallest absolute Gasteiger partial charge is 0.184 e. The van der Waals surface area contributed by atoms with Crippen LogP contribution in [0.2, 0.25) is 0 Å². The first-order valence-corrected chi connectivity index (χ1v) is 5.87. The largest absolute Gasteiger partial charge is 0.388 e. The Balaban J connectivity index is 2.11. The molecule has 1 aliphatic heterocycles. The average molecular weight is 269 g/mol. The van der Waals surface area contributed by atoms with Gasteiger partial charge in [0, 0.05) is 5.56 Å². The fraction of sp³-hybridized carbons (Fsp3) is 0.462. The van der Waals surface area contributed by atoms with E-state index in [-0.39, 0.29) is 6.61 Å². The molecule has 5 atom stereocenters. The molecule has 1 aromatic rings. The highest BCUT2D eigenvalue weighted by Gasteiger charge is 2.39. The van der Waals surface area contributed by atoms with E-state index in [9.17, 15) is 20.1 Å². The third kappa shape index (κ3) is 3.17. The molecule has 2 rings (SSSR count). The highest BCUT2D eigenvalue weighted by Crippen LogP contribution is 2.28. The number of aliphatic hydroxyl groups excluding tert-OH is 3. The van der Waals surface area contributed by atoms with Crippen LogP contribution in [0, 0.1) is 0 Å². The number of hydrogen-bond acceptors (Lipinski definition) is 6. The number of aldehydes is 1. The molecule has 1 heterocycles. The molecule has 0 amide bonds. The molecule has 1 fully saturated rings. The van der Waals surface area contributed by atoms with Crippen LogP contribution < -0.4 is 0 Å². The molecule has 0 spiro atoms. The second-order valence-corrected chi connectivity index (χ2v) is 4.30. The molecule has 1 aliphatic rings. The molecular weight excluding hydrogens is 252 g/mol. The summed E-state index contributed by atoms with van der Waals surface area (Å²) in [6, 6.07) is 8.87. The lowest BCUT2D eigenvalue weighted by atomic mass is 10.0. The molecular formula is C13H16O6. The van der Waals surface area contributed by atoms with Gasteiger partial charge in [-0.2, -0.15) is 0 Å². The van der Waals surface area contributed by atoms with Gasteiger partial charge in [0.05, 0.1) is 6.61 Å². The Kier molecular flexibility index (Phi) is 4.16. The topological polar surface area (TPSA) is 96.2 Å². The fourth-order valence-corrected chi connectivity index (χ4v) is 1.90. The summed E-state index contributed by atoms with van der Waals surface area (Å²) in [6.45, 7) is -0.111. The van der Waals surface area contributed by atoms with Gasteiger partial charge in [-0.3, -0.25) is 0 Å². The highest BCUT2D eigenvalue weighted by molar-refractivity contribution is 5.56. The summed E-state index contributed by atoms with van der Waals surface area (Å²) in [7, 11) is 0. The van der Waals surface area contributed by atoms with Crippen LogP contribution in [0.15, 0.2) is 30.3 Å².